The number of hydrogen-bond donors (Lipinski definition) is 4. The lowest BCUT2D eigenvalue weighted by Crippen LogP contribution is -2.58. The van der Waals surface area contributed by atoms with Gasteiger partial charge in [0.25, 0.3) is 10.1 Å². The van der Waals surface area contributed by atoms with Gasteiger partial charge in [0, 0.05) is 32.6 Å². The fraction of sp³-hybridized carbons (Fsp3) is 0.781. The van der Waals surface area contributed by atoms with Crippen LogP contribution in [0.15, 0.2) is 0 Å². The summed E-state index contributed by atoms with van der Waals surface area (Å²) < 4.78 is 51.9. The summed E-state index contributed by atoms with van der Waals surface area (Å²) >= 11 is 0. The molecule has 0 aromatic carbocycles. The molecule has 4 N–H and O–H groups in total. The predicted molar refractivity (Wildman–Crippen MR) is 176 cm³/mol. The third-order valence-corrected chi connectivity index (χ3v) is 12.4. The molecular formula is C32H50FN7O8S. The molecule has 2 amide bonds. The monoisotopic (exact) mass is 711 g/mol. The van der Waals surface area contributed by atoms with Crippen molar-refractivity contribution in [2.24, 2.45) is 28.6 Å². The molecule has 4 atom stereocenters. The first-order valence-electron chi connectivity index (χ1n) is 17.2. The van der Waals surface area contributed by atoms with Gasteiger partial charge in [-0.3, -0.25) is 39.9 Å². The number of hydroxylamine groups is 2. The second kappa shape index (κ2) is 15.1. The number of ketones is 1. The minimum absolute atomic E-state index is 0.0152. The summed E-state index contributed by atoms with van der Waals surface area (Å²) in [4.78, 5) is 48.3. The molecule has 5 aliphatic rings. The maximum Gasteiger partial charge on any atom is 0.265 e. The number of amides is 2. The summed E-state index contributed by atoms with van der Waals surface area (Å²) in [5.74, 6) is -0.985. The van der Waals surface area contributed by atoms with Crippen LogP contribution in [0.25, 0.3) is 0 Å². The molecule has 2 unspecified atom stereocenters. The molecule has 3 saturated carbocycles. The Morgan fingerprint density at radius 1 is 1.20 bits per heavy atom. The number of ether oxygens (including phenoxy) is 1. The molecule has 6 rings (SSSR count). The van der Waals surface area contributed by atoms with E-state index in [0.717, 1.165) is 45.2 Å². The van der Waals surface area contributed by atoms with Gasteiger partial charge in [0.1, 0.15) is 11.6 Å². The molecule has 0 spiro atoms. The van der Waals surface area contributed by atoms with Crippen molar-refractivity contribution >= 4 is 39.9 Å². The summed E-state index contributed by atoms with van der Waals surface area (Å²) in [5, 5.41) is 10.1. The number of piperazine rings is 1. The molecule has 17 heteroatoms. The molecule has 274 valence electrons. The van der Waals surface area contributed by atoms with Gasteiger partial charge in [-0.2, -0.15) is 12.8 Å². The van der Waals surface area contributed by atoms with Crippen LogP contribution in [-0.2, 0) is 29.2 Å². The van der Waals surface area contributed by atoms with E-state index in [2.05, 4.69) is 25.7 Å². The van der Waals surface area contributed by atoms with Crippen LogP contribution in [0.1, 0.15) is 71.0 Å². The Balaban J connectivity index is 0.000000259. The fourth-order valence-corrected chi connectivity index (χ4v) is 9.90. The predicted octanol–water partition coefficient (Wildman–Crippen LogP) is 2.20. The summed E-state index contributed by atoms with van der Waals surface area (Å²) in [6.07, 6.45) is 7.06. The minimum atomic E-state index is -4.08. The van der Waals surface area contributed by atoms with E-state index < -0.39 is 38.9 Å². The van der Waals surface area contributed by atoms with E-state index in [1.807, 2.05) is 18.7 Å². The largest absolute Gasteiger partial charge is 0.378 e. The van der Waals surface area contributed by atoms with Crippen molar-refractivity contribution in [2.75, 3.05) is 62.0 Å². The molecule has 2 aliphatic heterocycles. The summed E-state index contributed by atoms with van der Waals surface area (Å²) in [6, 6.07) is 0.184. The number of aromatic nitrogens is 2. The first kappa shape index (κ1) is 37.3. The van der Waals surface area contributed by atoms with Crippen LogP contribution < -0.4 is 15.8 Å². The normalized spacial score (nSPS) is 27.2. The Morgan fingerprint density at radius 3 is 2.57 bits per heavy atom. The lowest BCUT2D eigenvalue weighted by Gasteiger charge is -2.44. The number of nitrogens with one attached hydrogen (secondary N) is 2. The Kier molecular flexibility index (Phi) is 11.5. The van der Waals surface area contributed by atoms with Gasteiger partial charge in [-0.25, -0.2) is 15.0 Å². The highest BCUT2D eigenvalue weighted by molar-refractivity contribution is 7.85. The molecule has 5 fully saturated rings. The number of rotatable bonds is 11. The van der Waals surface area contributed by atoms with E-state index in [9.17, 15) is 28.0 Å². The van der Waals surface area contributed by atoms with Crippen LogP contribution in [0, 0.1) is 41.3 Å². The van der Waals surface area contributed by atoms with Crippen LogP contribution in [0.2, 0.25) is 0 Å². The number of morpholine rings is 1. The van der Waals surface area contributed by atoms with Crippen LogP contribution in [0.5, 0.6) is 0 Å². The van der Waals surface area contributed by atoms with Crippen molar-refractivity contribution in [1.82, 2.24) is 25.4 Å². The van der Waals surface area contributed by atoms with E-state index >= 15 is 4.39 Å². The molecule has 1 aromatic rings. The van der Waals surface area contributed by atoms with E-state index in [0.29, 0.717) is 62.4 Å². The topological polar surface area (TPSA) is 195 Å². The Labute approximate surface area is 287 Å². The van der Waals surface area contributed by atoms with Gasteiger partial charge in [-0.05, 0) is 43.4 Å². The number of hydrazine groups is 1. The second-order valence-corrected chi connectivity index (χ2v) is 16.2. The SMILES string of the molecule is CC1(C)C2CCC1(CS(=O)(=O)O)C(=O)C2.Cc1nc(NNC(=O)[C@H](CC2CCCC2)CN(O)C=O)c(F)c(N2CCN3CCOC[C@@H]3C2)n1. The molecular weight excluding hydrogens is 661 g/mol. The number of hydrogen-bond acceptors (Lipinski definition) is 12. The highest BCUT2D eigenvalue weighted by atomic mass is 32.2. The lowest BCUT2D eigenvalue weighted by atomic mass is 9.70. The molecule has 1 aromatic heterocycles. The van der Waals surface area contributed by atoms with Crippen LogP contribution in [-0.4, -0.2) is 114 Å². The van der Waals surface area contributed by atoms with Gasteiger partial charge < -0.3 is 9.64 Å². The maximum atomic E-state index is 15.4. The summed E-state index contributed by atoms with van der Waals surface area (Å²) in [6.45, 7) is 9.67. The third kappa shape index (κ3) is 8.32. The van der Waals surface area contributed by atoms with Gasteiger partial charge in [-0.1, -0.05) is 39.5 Å². The number of Topliss-reactive ketones (excluding diaryl/α,β-unsaturated/α-hetero) is 1. The number of carbonyl (C=O) groups is 3. The Bertz CT molecular complexity index is 1490. The van der Waals surface area contributed by atoms with E-state index in [1.165, 1.54) is 0 Å². The Hall–Kier alpha value is -2.99. The quantitative estimate of drug-likeness (QED) is 0.113. The molecule has 0 radical (unpaired) electrons. The smallest absolute Gasteiger partial charge is 0.265 e. The highest BCUT2D eigenvalue weighted by Crippen LogP contribution is 2.64. The zero-order valence-corrected chi connectivity index (χ0v) is 29.4. The average molecular weight is 712 g/mol. The van der Waals surface area contributed by atoms with E-state index in [1.54, 1.807) is 6.92 Å². The number of aryl methyl sites for hydroxylation is 1. The molecule has 2 saturated heterocycles. The molecule has 3 heterocycles. The van der Waals surface area contributed by atoms with Crippen molar-refractivity contribution in [1.29, 1.82) is 0 Å². The van der Waals surface area contributed by atoms with Crippen molar-refractivity contribution in [3.63, 3.8) is 0 Å². The number of carbonyl (C=O) groups excluding carboxylic acids is 3. The minimum Gasteiger partial charge on any atom is -0.378 e. The lowest BCUT2D eigenvalue weighted by molar-refractivity contribution is -0.154. The van der Waals surface area contributed by atoms with Crippen molar-refractivity contribution in [3.05, 3.63) is 11.6 Å². The zero-order valence-electron chi connectivity index (χ0n) is 28.6. The van der Waals surface area contributed by atoms with Crippen LogP contribution >= 0.6 is 0 Å². The summed E-state index contributed by atoms with van der Waals surface area (Å²) in [7, 11) is -4.08. The molecule has 15 nitrogen and oxygen atoms in total. The van der Waals surface area contributed by atoms with Crippen LogP contribution in [0.4, 0.5) is 16.0 Å². The second-order valence-electron chi connectivity index (χ2n) is 14.8. The van der Waals surface area contributed by atoms with E-state index in [4.69, 9.17) is 9.29 Å². The number of nitrogens with zero attached hydrogens (tertiary/aromatic N) is 5. The van der Waals surface area contributed by atoms with Gasteiger partial charge >= 0.3 is 0 Å². The number of anilines is 2. The van der Waals surface area contributed by atoms with Gasteiger partial charge in [-0.15, -0.1) is 0 Å². The first-order chi connectivity index (χ1) is 23.1. The van der Waals surface area contributed by atoms with Crippen LogP contribution in [0.3, 0.4) is 0 Å². The molecule has 3 aliphatic carbocycles. The average Bonchev–Trinajstić information content (AvgIpc) is 3.70. The van der Waals surface area contributed by atoms with E-state index in [-0.39, 0.29) is 47.7 Å². The maximum absolute atomic E-state index is 15.4. The van der Waals surface area contributed by atoms with Gasteiger partial charge in [0.2, 0.25) is 18.1 Å². The molecule has 2 bridgehead atoms. The van der Waals surface area contributed by atoms with Crippen molar-refractivity contribution in [2.45, 2.75) is 78.2 Å². The number of fused-ring (bicyclic) bond motifs is 3. The summed E-state index contributed by atoms with van der Waals surface area (Å²) in [5.41, 5.74) is 4.02. The third-order valence-electron chi connectivity index (χ3n) is 11.5. The number of halogens is 1. The zero-order chi connectivity index (χ0) is 35.6. The first-order valence-corrected chi connectivity index (χ1v) is 18.8. The van der Waals surface area contributed by atoms with Crippen molar-refractivity contribution in [3.8, 4) is 0 Å². The van der Waals surface area contributed by atoms with Gasteiger partial charge in [0.05, 0.1) is 42.9 Å². The van der Waals surface area contributed by atoms with Gasteiger partial charge in [0.15, 0.2) is 11.6 Å². The Morgan fingerprint density at radius 2 is 1.94 bits per heavy atom. The highest BCUT2D eigenvalue weighted by Gasteiger charge is 2.65. The molecule has 49 heavy (non-hydrogen) atoms. The fourth-order valence-electron chi connectivity index (χ4n) is 8.60. The standard InChI is InChI=1S/C22H34FN7O4.C10H16O4S/c1-15-24-20(19(23)21(25-15)29-7-6-28-8-9-34-13-18(28)12-29)26-27-22(32)17(11-30(33)14-31)10-16-4-2-3-5-16;1-9(2)7-3-4-10(9,8(11)5-7)6-15(12,13)14/h14,16-18,33H,2-13H2,1H3,(H,27,32)(H,24,25,26);7H,3-6H2,1-2H3,(H,12,13,14)/t17-,18+;/m1./s1. The van der Waals surface area contributed by atoms with Crippen molar-refractivity contribution < 1.29 is 41.7 Å².